The molecule has 0 unspecified atom stereocenters. The predicted molar refractivity (Wildman–Crippen MR) is 121 cm³/mol. The van der Waals surface area contributed by atoms with Crippen molar-refractivity contribution < 1.29 is 18.7 Å². The van der Waals surface area contributed by atoms with Crippen LogP contribution in [-0.2, 0) is 20.7 Å². The first-order valence-electron chi connectivity index (χ1n) is 10.0. The number of nitrogens with zero attached hydrogens (tertiary/aromatic N) is 1. The minimum Gasteiger partial charge on any atom is -0.471 e. The van der Waals surface area contributed by atoms with Crippen molar-refractivity contribution in [3.63, 3.8) is 0 Å². The average molecular weight is 430 g/mol. The first-order valence-corrected chi connectivity index (χ1v) is 10.9. The van der Waals surface area contributed by atoms with E-state index in [0.29, 0.717) is 35.9 Å². The maximum atomic E-state index is 12.6. The van der Waals surface area contributed by atoms with E-state index < -0.39 is 0 Å². The summed E-state index contributed by atoms with van der Waals surface area (Å²) in [5.74, 6) is 0.643. The molecule has 0 saturated carbocycles. The Kier molecular flexibility index (Phi) is 7.65. The van der Waals surface area contributed by atoms with Crippen LogP contribution in [0.25, 0.3) is 21.4 Å². The van der Waals surface area contributed by atoms with Crippen LogP contribution in [0.15, 0.2) is 38.9 Å². The summed E-state index contributed by atoms with van der Waals surface area (Å²) >= 11 is 1.46. The smallest absolute Gasteiger partial charge is 0.292 e. The molecule has 1 saturated heterocycles. The van der Waals surface area contributed by atoms with E-state index in [1.54, 1.807) is 6.07 Å². The van der Waals surface area contributed by atoms with Gasteiger partial charge in [0.2, 0.25) is 5.43 Å². The topological polar surface area (TPSA) is 69.0 Å². The molecule has 0 spiro atoms. The number of carbonyl (C=O) groups is 1. The standard InChI is InChI=1S/C21H23NO3S.C2H4O2/c1-3-4-15-5-6-16(11-14(15)2)17-13-26-21-18(23)12-19(25-20(17)21)22-7-9-24-10-8-22;1-4-2-3/h5-6,11-13H,3-4,7-10H2,1-2H3;2H,1H3. The summed E-state index contributed by atoms with van der Waals surface area (Å²) in [5, 5.41) is 2.03. The van der Waals surface area contributed by atoms with Gasteiger partial charge < -0.3 is 18.8 Å². The van der Waals surface area contributed by atoms with Gasteiger partial charge in [0.15, 0.2) is 11.5 Å². The molecule has 3 aromatic rings. The second-order valence-electron chi connectivity index (χ2n) is 7.08. The monoisotopic (exact) mass is 429 g/mol. The van der Waals surface area contributed by atoms with Crippen molar-refractivity contribution in [2.45, 2.75) is 26.7 Å². The van der Waals surface area contributed by atoms with Crippen molar-refractivity contribution in [1.82, 2.24) is 0 Å². The van der Waals surface area contributed by atoms with Crippen LogP contribution in [-0.4, -0.2) is 39.9 Å². The maximum absolute atomic E-state index is 12.6. The average Bonchev–Trinajstić information content (AvgIpc) is 3.21. The molecule has 0 atom stereocenters. The number of rotatable bonds is 5. The third-order valence-corrected chi connectivity index (χ3v) is 6.00. The van der Waals surface area contributed by atoms with Crippen LogP contribution in [0.1, 0.15) is 24.5 Å². The normalized spacial score (nSPS) is 13.6. The second-order valence-corrected chi connectivity index (χ2v) is 7.96. The van der Waals surface area contributed by atoms with Crippen molar-refractivity contribution in [2.24, 2.45) is 0 Å². The number of methoxy groups -OCH3 is 1. The van der Waals surface area contributed by atoms with Crippen molar-refractivity contribution >= 4 is 34.0 Å². The van der Waals surface area contributed by atoms with Gasteiger partial charge in [0.25, 0.3) is 6.47 Å². The van der Waals surface area contributed by atoms with Crippen LogP contribution in [0.4, 0.5) is 5.88 Å². The largest absolute Gasteiger partial charge is 0.471 e. The summed E-state index contributed by atoms with van der Waals surface area (Å²) in [6, 6.07) is 8.15. The van der Waals surface area contributed by atoms with Gasteiger partial charge in [-0.25, -0.2) is 0 Å². The van der Waals surface area contributed by atoms with Crippen LogP contribution < -0.4 is 10.3 Å². The Labute approximate surface area is 180 Å². The predicted octanol–water partition coefficient (Wildman–Crippen LogP) is 4.41. The zero-order valence-electron chi connectivity index (χ0n) is 17.6. The Morgan fingerprint density at radius 2 is 1.97 bits per heavy atom. The van der Waals surface area contributed by atoms with Gasteiger partial charge in [-0.3, -0.25) is 9.59 Å². The third-order valence-electron chi connectivity index (χ3n) is 5.02. The van der Waals surface area contributed by atoms with Crippen LogP contribution in [0.3, 0.4) is 0 Å². The van der Waals surface area contributed by atoms with Crippen molar-refractivity contribution in [1.29, 1.82) is 0 Å². The number of morpholine rings is 1. The Hall–Kier alpha value is -2.64. The van der Waals surface area contributed by atoms with Gasteiger partial charge in [-0.05, 0) is 30.0 Å². The molecular formula is C23H27NO5S. The summed E-state index contributed by atoms with van der Waals surface area (Å²) in [4.78, 5) is 23.6. The van der Waals surface area contributed by atoms with Crippen LogP contribution in [0, 0.1) is 6.92 Å². The molecular weight excluding hydrogens is 402 g/mol. The van der Waals surface area contributed by atoms with Gasteiger partial charge in [0.05, 0.1) is 20.3 Å². The Balaban J connectivity index is 0.000000589. The van der Waals surface area contributed by atoms with Gasteiger partial charge in [-0.1, -0.05) is 31.5 Å². The minimum atomic E-state index is 0.0308. The summed E-state index contributed by atoms with van der Waals surface area (Å²) in [6.07, 6.45) is 2.23. The van der Waals surface area contributed by atoms with Crippen molar-refractivity contribution in [3.05, 3.63) is 51.0 Å². The van der Waals surface area contributed by atoms with Crippen LogP contribution in [0.5, 0.6) is 0 Å². The summed E-state index contributed by atoms with van der Waals surface area (Å²) in [6.45, 7) is 7.55. The molecule has 30 heavy (non-hydrogen) atoms. The van der Waals surface area contributed by atoms with E-state index in [4.69, 9.17) is 13.9 Å². The number of anilines is 1. The molecule has 160 valence electrons. The molecule has 4 rings (SSSR count). The minimum absolute atomic E-state index is 0.0308. The lowest BCUT2D eigenvalue weighted by Crippen LogP contribution is -2.36. The number of thiophene rings is 1. The molecule has 0 N–H and O–H groups in total. The van der Waals surface area contributed by atoms with E-state index in [0.717, 1.165) is 37.1 Å². The Bertz CT molecular complexity index is 1050. The fraction of sp³-hybridized carbons (Fsp3) is 0.391. The third kappa shape index (κ3) is 4.91. The van der Waals surface area contributed by atoms with Gasteiger partial charge in [-0.2, -0.15) is 0 Å². The van der Waals surface area contributed by atoms with E-state index in [9.17, 15) is 4.79 Å². The highest BCUT2D eigenvalue weighted by atomic mass is 32.1. The van der Waals surface area contributed by atoms with Gasteiger partial charge >= 0.3 is 0 Å². The molecule has 3 heterocycles. The Morgan fingerprint density at radius 3 is 2.60 bits per heavy atom. The second kappa shape index (κ2) is 10.4. The molecule has 0 radical (unpaired) electrons. The number of hydrogen-bond donors (Lipinski definition) is 0. The number of carbonyl (C=O) groups excluding carboxylic acids is 1. The lowest BCUT2D eigenvalue weighted by Gasteiger charge is -2.27. The first-order chi connectivity index (χ1) is 14.6. The van der Waals surface area contributed by atoms with E-state index >= 15 is 0 Å². The molecule has 1 aliphatic heterocycles. The van der Waals surface area contributed by atoms with Crippen LogP contribution in [0.2, 0.25) is 0 Å². The fourth-order valence-corrected chi connectivity index (χ4v) is 4.39. The molecule has 2 aromatic heterocycles. The molecule has 0 bridgehead atoms. The van der Waals surface area contributed by atoms with E-state index in [1.165, 1.54) is 29.6 Å². The SMILES string of the molecule is CCCc1ccc(-c2csc3c(=O)cc(N4CCOCC4)oc23)cc1C.COC=O. The highest BCUT2D eigenvalue weighted by molar-refractivity contribution is 7.17. The molecule has 1 aromatic carbocycles. The lowest BCUT2D eigenvalue weighted by atomic mass is 9.99. The number of aryl methyl sites for hydroxylation is 2. The molecule has 1 fully saturated rings. The summed E-state index contributed by atoms with van der Waals surface area (Å²) < 4.78 is 16.2. The van der Waals surface area contributed by atoms with E-state index in [1.807, 2.05) is 5.38 Å². The fourth-order valence-electron chi connectivity index (χ4n) is 3.48. The summed E-state index contributed by atoms with van der Waals surface area (Å²) in [7, 11) is 1.31. The van der Waals surface area contributed by atoms with Crippen molar-refractivity contribution in [3.8, 4) is 11.1 Å². The first kappa shape index (κ1) is 22.1. The quantitative estimate of drug-likeness (QED) is 0.560. The molecule has 0 aliphatic carbocycles. The number of fused-ring (bicyclic) bond motifs is 1. The van der Waals surface area contributed by atoms with Crippen LogP contribution >= 0.6 is 11.3 Å². The number of hydrogen-bond acceptors (Lipinski definition) is 7. The van der Waals surface area contributed by atoms with Gasteiger partial charge in [0, 0.05) is 30.1 Å². The molecule has 1 aliphatic rings. The van der Waals surface area contributed by atoms with Crippen molar-refractivity contribution in [2.75, 3.05) is 38.3 Å². The zero-order chi connectivity index (χ0) is 21.5. The zero-order valence-corrected chi connectivity index (χ0v) is 18.4. The highest BCUT2D eigenvalue weighted by Gasteiger charge is 2.18. The molecule has 6 nitrogen and oxygen atoms in total. The lowest BCUT2D eigenvalue weighted by molar-refractivity contribution is -0.126. The van der Waals surface area contributed by atoms with E-state index in [-0.39, 0.29) is 5.43 Å². The Morgan fingerprint density at radius 1 is 1.23 bits per heavy atom. The summed E-state index contributed by atoms with van der Waals surface area (Å²) in [5.41, 5.74) is 5.51. The van der Waals surface area contributed by atoms with Gasteiger partial charge in [0.1, 0.15) is 4.70 Å². The maximum Gasteiger partial charge on any atom is 0.292 e. The number of ether oxygens (including phenoxy) is 2. The highest BCUT2D eigenvalue weighted by Crippen LogP contribution is 2.35. The van der Waals surface area contributed by atoms with E-state index in [2.05, 4.69) is 41.7 Å². The molecule has 0 amide bonds. The number of benzene rings is 1. The molecule has 7 heteroatoms. The van der Waals surface area contributed by atoms with Gasteiger partial charge in [-0.15, -0.1) is 11.3 Å².